The molecule has 2 aromatic carbocycles. The normalized spacial score (nSPS) is 13.2. The Bertz CT molecular complexity index is 1290. The Kier molecular flexibility index (Phi) is 5.59. The maximum atomic E-state index is 12.8. The third-order valence-electron chi connectivity index (χ3n) is 4.50. The van der Waals surface area contributed by atoms with Crippen LogP contribution in [0.15, 0.2) is 50.5 Å². The number of oxazole rings is 1. The summed E-state index contributed by atoms with van der Waals surface area (Å²) in [6.07, 6.45) is 0.657. The molecule has 1 N–H and O–H groups in total. The lowest BCUT2D eigenvalue weighted by molar-refractivity contribution is -0.144. The number of hydrogen-bond donors (Lipinski definition) is 1. The number of sulfonamides is 1. The first-order chi connectivity index (χ1) is 14.9. The van der Waals surface area contributed by atoms with Gasteiger partial charge >= 0.3 is 11.7 Å². The lowest BCUT2D eigenvalue weighted by Crippen LogP contribution is -2.21. The molecule has 11 heteroatoms. The Labute approximate surface area is 177 Å². The average molecular weight is 448 g/mol. The molecule has 0 saturated heterocycles. The van der Waals surface area contributed by atoms with Gasteiger partial charge in [0.1, 0.15) is 19.8 Å². The Balaban J connectivity index is 1.59. The molecular weight excluding hydrogens is 428 g/mol. The van der Waals surface area contributed by atoms with Gasteiger partial charge in [0, 0.05) is 12.1 Å². The van der Waals surface area contributed by atoms with Crippen LogP contribution in [0.3, 0.4) is 0 Å². The van der Waals surface area contributed by atoms with Crippen LogP contribution < -0.4 is 20.0 Å². The minimum Gasteiger partial charge on any atom is -0.486 e. The van der Waals surface area contributed by atoms with Crippen LogP contribution in [0, 0.1) is 0 Å². The number of nitrogens with zero attached hydrogens (tertiary/aromatic N) is 1. The van der Waals surface area contributed by atoms with Gasteiger partial charge in [0.15, 0.2) is 17.1 Å². The van der Waals surface area contributed by atoms with Crippen LogP contribution in [-0.4, -0.2) is 38.8 Å². The molecule has 0 bridgehead atoms. The van der Waals surface area contributed by atoms with Crippen LogP contribution in [0.1, 0.15) is 13.3 Å². The van der Waals surface area contributed by atoms with E-state index in [1.54, 1.807) is 12.1 Å². The number of carbonyl (C=O) groups excluding carboxylic acids is 1. The zero-order valence-corrected chi connectivity index (χ0v) is 17.4. The second-order valence-electron chi connectivity index (χ2n) is 6.77. The number of fused-ring (bicyclic) bond motifs is 2. The van der Waals surface area contributed by atoms with Crippen molar-refractivity contribution in [2.24, 2.45) is 0 Å². The van der Waals surface area contributed by atoms with Crippen LogP contribution in [0.5, 0.6) is 11.5 Å². The summed E-state index contributed by atoms with van der Waals surface area (Å²) in [5, 5.41) is 0. The Morgan fingerprint density at radius 3 is 2.68 bits per heavy atom. The van der Waals surface area contributed by atoms with Crippen LogP contribution in [-0.2, 0) is 26.1 Å². The highest BCUT2D eigenvalue weighted by Crippen LogP contribution is 2.33. The minimum atomic E-state index is -3.98. The number of carbonyl (C=O) groups is 1. The molecule has 3 aromatic rings. The van der Waals surface area contributed by atoms with Gasteiger partial charge in [-0.15, -0.1) is 0 Å². The van der Waals surface area contributed by atoms with Crippen LogP contribution in [0.25, 0.3) is 11.1 Å². The fourth-order valence-corrected chi connectivity index (χ4v) is 4.14. The number of hydrogen-bond acceptors (Lipinski definition) is 8. The van der Waals surface area contributed by atoms with Crippen LogP contribution in [0.2, 0.25) is 0 Å². The van der Waals surface area contributed by atoms with Crippen LogP contribution >= 0.6 is 0 Å². The molecule has 0 unspecified atom stereocenters. The number of ether oxygens (including phenoxy) is 3. The van der Waals surface area contributed by atoms with Crippen molar-refractivity contribution in [3.63, 3.8) is 0 Å². The van der Waals surface area contributed by atoms with Crippen molar-refractivity contribution in [3.05, 3.63) is 46.9 Å². The molecule has 0 aliphatic carbocycles. The molecule has 10 nitrogen and oxygen atoms in total. The van der Waals surface area contributed by atoms with E-state index in [9.17, 15) is 18.0 Å². The molecule has 1 aromatic heterocycles. The van der Waals surface area contributed by atoms with E-state index in [0.29, 0.717) is 36.8 Å². The summed E-state index contributed by atoms with van der Waals surface area (Å²) in [4.78, 5) is 23.9. The van der Waals surface area contributed by atoms with E-state index < -0.39 is 21.7 Å². The third-order valence-corrected chi connectivity index (χ3v) is 5.88. The second-order valence-corrected chi connectivity index (χ2v) is 8.45. The van der Waals surface area contributed by atoms with Gasteiger partial charge in [-0.05, 0) is 30.7 Å². The van der Waals surface area contributed by atoms with E-state index in [-0.39, 0.29) is 29.1 Å². The van der Waals surface area contributed by atoms with E-state index in [4.69, 9.17) is 18.6 Å². The summed E-state index contributed by atoms with van der Waals surface area (Å²) in [6.45, 7) is 2.58. The fraction of sp³-hybridized carbons (Fsp3) is 0.300. The summed E-state index contributed by atoms with van der Waals surface area (Å²) in [6, 6.07) is 8.67. The minimum absolute atomic E-state index is 0.0401. The number of nitrogens with one attached hydrogen (secondary N) is 1. The predicted molar refractivity (Wildman–Crippen MR) is 110 cm³/mol. The molecule has 0 radical (unpaired) electrons. The zero-order valence-electron chi connectivity index (χ0n) is 16.6. The largest absolute Gasteiger partial charge is 0.486 e. The van der Waals surface area contributed by atoms with Gasteiger partial charge in [-0.1, -0.05) is 6.92 Å². The summed E-state index contributed by atoms with van der Waals surface area (Å²) in [5.41, 5.74) is 0.622. The van der Waals surface area contributed by atoms with Gasteiger partial charge in [-0.2, -0.15) is 0 Å². The summed E-state index contributed by atoms with van der Waals surface area (Å²) < 4.78 is 50.2. The predicted octanol–water partition coefficient (Wildman–Crippen LogP) is 2.12. The molecule has 1 aliphatic heterocycles. The number of rotatable bonds is 7. The molecule has 2 heterocycles. The first-order valence-electron chi connectivity index (χ1n) is 9.59. The maximum Gasteiger partial charge on any atom is 0.420 e. The van der Waals surface area contributed by atoms with Gasteiger partial charge < -0.3 is 18.6 Å². The van der Waals surface area contributed by atoms with Crippen molar-refractivity contribution in [1.82, 2.24) is 4.57 Å². The van der Waals surface area contributed by atoms with Gasteiger partial charge in [-0.3, -0.25) is 14.1 Å². The average Bonchev–Trinajstić information content (AvgIpc) is 3.06. The summed E-state index contributed by atoms with van der Waals surface area (Å²) in [7, 11) is -3.98. The van der Waals surface area contributed by atoms with Crippen molar-refractivity contribution >= 4 is 32.8 Å². The quantitative estimate of drug-likeness (QED) is 0.545. The third kappa shape index (κ3) is 4.36. The molecule has 0 saturated carbocycles. The fourth-order valence-electron chi connectivity index (χ4n) is 3.08. The van der Waals surface area contributed by atoms with Crippen LogP contribution in [0.4, 0.5) is 5.69 Å². The highest BCUT2D eigenvalue weighted by Gasteiger charge is 2.20. The zero-order chi connectivity index (χ0) is 22.0. The summed E-state index contributed by atoms with van der Waals surface area (Å²) >= 11 is 0. The van der Waals surface area contributed by atoms with Crippen molar-refractivity contribution in [2.75, 3.05) is 24.5 Å². The molecular formula is C20H20N2O8S. The number of aromatic nitrogens is 1. The molecule has 164 valence electrons. The van der Waals surface area contributed by atoms with Crippen molar-refractivity contribution < 1.29 is 31.8 Å². The molecule has 1 aliphatic rings. The van der Waals surface area contributed by atoms with E-state index in [1.165, 1.54) is 24.3 Å². The molecule has 0 atom stereocenters. The van der Waals surface area contributed by atoms with Gasteiger partial charge in [0.2, 0.25) is 0 Å². The van der Waals surface area contributed by atoms with Gasteiger partial charge in [0.25, 0.3) is 10.0 Å². The standard InChI is InChI=1S/C20H20N2O8S/c1-2-7-29-19(23)12-22-15-5-4-14(11-17(15)30-20(22)24)31(25,26)21-13-3-6-16-18(10-13)28-9-8-27-16/h3-6,10-11,21H,2,7-9,12H2,1H3. The van der Waals surface area contributed by atoms with Crippen molar-refractivity contribution in [1.29, 1.82) is 0 Å². The Morgan fingerprint density at radius 1 is 1.13 bits per heavy atom. The number of benzene rings is 2. The molecule has 0 spiro atoms. The first-order valence-corrected chi connectivity index (χ1v) is 11.1. The Morgan fingerprint density at radius 2 is 1.90 bits per heavy atom. The van der Waals surface area contributed by atoms with Crippen molar-refractivity contribution in [2.45, 2.75) is 24.8 Å². The lowest BCUT2D eigenvalue weighted by Gasteiger charge is -2.19. The number of esters is 1. The number of anilines is 1. The van der Waals surface area contributed by atoms with Gasteiger partial charge in [-0.25, -0.2) is 13.2 Å². The highest BCUT2D eigenvalue weighted by molar-refractivity contribution is 7.92. The maximum absolute atomic E-state index is 12.8. The first kappa shape index (κ1) is 20.8. The second kappa shape index (κ2) is 8.34. The Hall–Kier alpha value is -3.47. The molecule has 0 fully saturated rings. The molecule has 4 rings (SSSR count). The highest BCUT2D eigenvalue weighted by atomic mass is 32.2. The summed E-state index contributed by atoms with van der Waals surface area (Å²) in [5.74, 6) is -0.377. The smallest absolute Gasteiger partial charge is 0.420 e. The molecule has 0 amide bonds. The van der Waals surface area contributed by atoms with Crippen molar-refractivity contribution in [3.8, 4) is 11.5 Å². The lowest BCUT2D eigenvalue weighted by atomic mass is 10.3. The van der Waals surface area contributed by atoms with Gasteiger partial charge in [0.05, 0.1) is 22.7 Å². The topological polar surface area (TPSA) is 126 Å². The van der Waals surface area contributed by atoms with E-state index >= 15 is 0 Å². The monoisotopic (exact) mass is 448 g/mol. The molecule has 31 heavy (non-hydrogen) atoms. The van der Waals surface area contributed by atoms with E-state index in [1.807, 2.05) is 6.92 Å². The SMILES string of the molecule is CCCOC(=O)Cn1c(=O)oc2cc(S(=O)(=O)Nc3ccc4c(c3)OCCO4)ccc21. The van der Waals surface area contributed by atoms with E-state index in [0.717, 1.165) is 4.57 Å². The van der Waals surface area contributed by atoms with E-state index in [2.05, 4.69) is 4.72 Å².